The summed E-state index contributed by atoms with van der Waals surface area (Å²) in [6.45, 7) is 0.461. The second kappa shape index (κ2) is 7.22. The molecule has 0 aliphatic rings. The van der Waals surface area contributed by atoms with Crippen molar-refractivity contribution in [3.63, 3.8) is 0 Å². The molecule has 2 N–H and O–H groups in total. The highest BCUT2D eigenvalue weighted by molar-refractivity contribution is 5.95. The van der Waals surface area contributed by atoms with Gasteiger partial charge in [-0.3, -0.25) is 9.78 Å². The van der Waals surface area contributed by atoms with Crippen LogP contribution in [0.25, 0.3) is 0 Å². The molecule has 114 valence electrons. The largest absolute Gasteiger partial charge is 0.356 e. The molecule has 0 aliphatic carbocycles. The number of carbonyl (C=O) groups is 1. The Morgan fingerprint density at radius 1 is 0.913 bits per heavy atom. The minimum Gasteiger partial charge on any atom is -0.356 e. The number of hydrogen-bond donors (Lipinski definition) is 2. The average molecular weight is 303 g/mol. The van der Waals surface area contributed by atoms with E-state index in [1.807, 2.05) is 60.7 Å². The number of carbonyl (C=O) groups excluding carboxylic acids is 1. The van der Waals surface area contributed by atoms with Crippen LogP contribution in [-0.2, 0) is 6.54 Å². The molecular weight excluding hydrogens is 286 g/mol. The van der Waals surface area contributed by atoms with Crippen molar-refractivity contribution in [1.29, 1.82) is 0 Å². The van der Waals surface area contributed by atoms with Crippen molar-refractivity contribution >= 4 is 17.3 Å². The summed E-state index contributed by atoms with van der Waals surface area (Å²) in [5.74, 6) is -0.106. The second-order valence-corrected chi connectivity index (χ2v) is 5.12. The summed E-state index contributed by atoms with van der Waals surface area (Å²) in [6, 6.07) is 21.1. The first-order valence-electron chi connectivity index (χ1n) is 7.40. The molecule has 0 radical (unpaired) electrons. The lowest BCUT2D eigenvalue weighted by Gasteiger charge is -2.09. The summed E-state index contributed by atoms with van der Waals surface area (Å²) in [5, 5.41) is 6.18. The van der Waals surface area contributed by atoms with Crippen LogP contribution < -0.4 is 10.6 Å². The molecule has 0 saturated heterocycles. The normalized spacial score (nSPS) is 10.1. The molecule has 4 heteroatoms. The molecule has 3 rings (SSSR count). The Kier molecular flexibility index (Phi) is 4.64. The topological polar surface area (TPSA) is 54.0 Å². The summed E-state index contributed by atoms with van der Waals surface area (Å²) in [6.07, 6.45) is 3.46. The highest BCUT2D eigenvalue weighted by atomic mass is 16.1. The molecule has 1 amide bonds. The van der Waals surface area contributed by atoms with E-state index in [0.29, 0.717) is 12.1 Å². The van der Waals surface area contributed by atoms with Gasteiger partial charge in [-0.2, -0.15) is 0 Å². The van der Waals surface area contributed by atoms with Gasteiger partial charge >= 0.3 is 0 Å². The lowest BCUT2D eigenvalue weighted by atomic mass is 10.1. The van der Waals surface area contributed by atoms with Crippen LogP contribution >= 0.6 is 0 Å². The molecule has 0 aliphatic heterocycles. The Labute approximate surface area is 135 Å². The van der Waals surface area contributed by atoms with Crippen LogP contribution in [0.5, 0.6) is 0 Å². The number of rotatable bonds is 5. The maximum atomic E-state index is 12.3. The van der Waals surface area contributed by atoms with E-state index in [1.165, 1.54) is 0 Å². The Morgan fingerprint density at radius 2 is 1.74 bits per heavy atom. The van der Waals surface area contributed by atoms with E-state index < -0.39 is 0 Å². The van der Waals surface area contributed by atoms with Crippen molar-refractivity contribution in [3.05, 3.63) is 90.3 Å². The monoisotopic (exact) mass is 303 g/mol. The molecule has 0 unspecified atom stereocenters. The average Bonchev–Trinajstić information content (AvgIpc) is 2.62. The molecule has 2 aromatic carbocycles. The lowest BCUT2D eigenvalue weighted by Crippen LogP contribution is -2.22. The van der Waals surface area contributed by atoms with Crippen LogP contribution in [0.1, 0.15) is 15.9 Å². The highest BCUT2D eigenvalue weighted by Crippen LogP contribution is 2.17. The smallest absolute Gasteiger partial charge is 0.251 e. The number of benzene rings is 2. The van der Waals surface area contributed by atoms with Crippen LogP contribution in [0, 0.1) is 0 Å². The quantitative estimate of drug-likeness (QED) is 0.754. The van der Waals surface area contributed by atoms with E-state index in [2.05, 4.69) is 15.6 Å². The third kappa shape index (κ3) is 4.17. The number of nitrogens with one attached hydrogen (secondary N) is 2. The van der Waals surface area contributed by atoms with Crippen LogP contribution in [0.3, 0.4) is 0 Å². The number of pyridine rings is 1. The van der Waals surface area contributed by atoms with E-state index in [1.54, 1.807) is 18.5 Å². The van der Waals surface area contributed by atoms with Gasteiger partial charge in [0.05, 0.1) is 0 Å². The number of aromatic nitrogens is 1. The van der Waals surface area contributed by atoms with Crippen molar-refractivity contribution in [2.75, 3.05) is 5.32 Å². The van der Waals surface area contributed by atoms with Gasteiger partial charge in [0.25, 0.3) is 5.91 Å². The molecule has 1 heterocycles. The molecular formula is C19H17N3O. The van der Waals surface area contributed by atoms with Gasteiger partial charge in [-0.1, -0.05) is 30.3 Å². The zero-order valence-corrected chi connectivity index (χ0v) is 12.6. The highest BCUT2D eigenvalue weighted by Gasteiger charge is 2.06. The molecule has 1 aromatic heterocycles. The van der Waals surface area contributed by atoms with Crippen molar-refractivity contribution in [3.8, 4) is 0 Å². The molecule has 0 atom stereocenters. The summed E-state index contributed by atoms with van der Waals surface area (Å²) in [7, 11) is 0. The minimum atomic E-state index is -0.106. The molecule has 0 spiro atoms. The molecule has 3 aromatic rings. The number of hydrogen-bond acceptors (Lipinski definition) is 3. The first kappa shape index (κ1) is 14.8. The predicted molar refractivity (Wildman–Crippen MR) is 91.6 cm³/mol. The second-order valence-electron chi connectivity index (χ2n) is 5.12. The van der Waals surface area contributed by atoms with Crippen LogP contribution in [0.15, 0.2) is 79.1 Å². The van der Waals surface area contributed by atoms with Gasteiger partial charge in [0.15, 0.2) is 0 Å². The maximum Gasteiger partial charge on any atom is 0.251 e. The van der Waals surface area contributed by atoms with E-state index in [0.717, 1.165) is 16.9 Å². The summed E-state index contributed by atoms with van der Waals surface area (Å²) in [5.41, 5.74) is 3.46. The van der Waals surface area contributed by atoms with Gasteiger partial charge in [-0.15, -0.1) is 0 Å². The SMILES string of the molecule is O=C(NCc1cccnc1)c1cccc(Nc2ccccc2)c1. The van der Waals surface area contributed by atoms with Crippen LogP contribution in [0.2, 0.25) is 0 Å². The van der Waals surface area contributed by atoms with Crippen molar-refractivity contribution in [2.45, 2.75) is 6.54 Å². The van der Waals surface area contributed by atoms with E-state index in [4.69, 9.17) is 0 Å². The van der Waals surface area contributed by atoms with Gasteiger partial charge in [-0.25, -0.2) is 0 Å². The first-order valence-corrected chi connectivity index (χ1v) is 7.40. The zero-order valence-electron chi connectivity index (χ0n) is 12.6. The van der Waals surface area contributed by atoms with Crippen molar-refractivity contribution < 1.29 is 4.79 Å². The predicted octanol–water partition coefficient (Wildman–Crippen LogP) is 3.76. The Morgan fingerprint density at radius 3 is 2.52 bits per heavy atom. The van der Waals surface area contributed by atoms with Gasteiger partial charge in [-0.05, 0) is 42.0 Å². The van der Waals surface area contributed by atoms with E-state index >= 15 is 0 Å². The molecule has 23 heavy (non-hydrogen) atoms. The third-order valence-electron chi connectivity index (χ3n) is 3.36. The van der Waals surface area contributed by atoms with Gasteiger partial charge in [0.1, 0.15) is 0 Å². The summed E-state index contributed by atoms with van der Waals surface area (Å²) < 4.78 is 0. The van der Waals surface area contributed by atoms with Crippen LogP contribution in [0.4, 0.5) is 11.4 Å². The van der Waals surface area contributed by atoms with E-state index in [9.17, 15) is 4.79 Å². The minimum absolute atomic E-state index is 0.106. The number of para-hydroxylation sites is 1. The first-order chi connectivity index (χ1) is 11.3. The van der Waals surface area contributed by atoms with Crippen LogP contribution in [-0.4, -0.2) is 10.9 Å². The molecule has 0 saturated carbocycles. The maximum absolute atomic E-state index is 12.3. The van der Waals surface area contributed by atoms with Gasteiger partial charge in [0, 0.05) is 35.9 Å². The lowest BCUT2D eigenvalue weighted by molar-refractivity contribution is 0.0951. The number of nitrogens with zero attached hydrogens (tertiary/aromatic N) is 1. The Bertz CT molecular complexity index is 773. The Balaban J connectivity index is 1.65. The van der Waals surface area contributed by atoms with Gasteiger partial charge < -0.3 is 10.6 Å². The molecule has 0 fully saturated rings. The standard InChI is InChI=1S/C19H17N3O/c23-19(21-14-15-6-5-11-20-13-15)16-7-4-10-18(12-16)22-17-8-2-1-3-9-17/h1-13,22H,14H2,(H,21,23). The Hall–Kier alpha value is -3.14. The zero-order chi connectivity index (χ0) is 15.9. The van der Waals surface area contributed by atoms with Crippen molar-refractivity contribution in [2.24, 2.45) is 0 Å². The van der Waals surface area contributed by atoms with Gasteiger partial charge in [0.2, 0.25) is 0 Å². The summed E-state index contributed by atoms with van der Waals surface area (Å²) >= 11 is 0. The fraction of sp³-hybridized carbons (Fsp3) is 0.0526. The molecule has 0 bridgehead atoms. The van der Waals surface area contributed by atoms with E-state index in [-0.39, 0.29) is 5.91 Å². The fourth-order valence-electron chi connectivity index (χ4n) is 2.21. The summed E-state index contributed by atoms with van der Waals surface area (Å²) in [4.78, 5) is 16.3. The third-order valence-corrected chi connectivity index (χ3v) is 3.36. The number of amides is 1. The molecule has 4 nitrogen and oxygen atoms in total. The fourth-order valence-corrected chi connectivity index (χ4v) is 2.21. The number of anilines is 2. The van der Waals surface area contributed by atoms with Crippen molar-refractivity contribution in [1.82, 2.24) is 10.3 Å².